The van der Waals surface area contributed by atoms with Crippen LogP contribution in [0.25, 0.3) is 0 Å². The minimum atomic E-state index is -0.104. The molecule has 0 aliphatic carbocycles. The van der Waals surface area contributed by atoms with Gasteiger partial charge in [0.15, 0.2) is 0 Å². The van der Waals surface area contributed by atoms with Crippen molar-refractivity contribution in [2.45, 2.75) is 32.1 Å². The number of carbonyl (C=O) groups excluding carboxylic acids is 1. The number of aliphatic hydroxyl groups is 1. The van der Waals surface area contributed by atoms with Crippen LogP contribution in [0.3, 0.4) is 0 Å². The van der Waals surface area contributed by atoms with Gasteiger partial charge in [-0.1, -0.05) is 39.0 Å². The number of fused-ring (bicyclic) bond motifs is 1. The molecule has 1 atom stereocenters. The van der Waals surface area contributed by atoms with Crippen LogP contribution < -0.4 is 4.90 Å². The summed E-state index contributed by atoms with van der Waals surface area (Å²) in [5, 5.41) is 14.1. The van der Waals surface area contributed by atoms with Crippen molar-refractivity contribution in [1.29, 1.82) is 0 Å². The number of anilines is 1. The first-order valence-corrected chi connectivity index (χ1v) is 7.89. The van der Waals surface area contributed by atoms with E-state index in [1.807, 2.05) is 30.3 Å². The molecular formula is C18H23N3O2. The molecule has 1 unspecified atom stereocenters. The second-order valence-electron chi connectivity index (χ2n) is 7.14. The average Bonchev–Trinajstić information content (AvgIpc) is 3.07. The second kappa shape index (κ2) is 5.49. The van der Waals surface area contributed by atoms with E-state index in [2.05, 4.69) is 25.9 Å². The Bertz CT molecular complexity index is 743. The van der Waals surface area contributed by atoms with Gasteiger partial charge in [0.2, 0.25) is 0 Å². The smallest absolute Gasteiger partial charge is 0.276 e. The lowest BCUT2D eigenvalue weighted by Gasteiger charge is -2.17. The molecule has 2 aromatic rings. The largest absolute Gasteiger partial charge is 0.396 e. The van der Waals surface area contributed by atoms with E-state index in [1.54, 1.807) is 16.6 Å². The highest BCUT2D eigenvalue weighted by atomic mass is 16.3. The molecule has 0 bridgehead atoms. The third kappa shape index (κ3) is 2.65. The van der Waals surface area contributed by atoms with Crippen LogP contribution >= 0.6 is 0 Å². The maximum absolute atomic E-state index is 13.0. The maximum Gasteiger partial charge on any atom is 0.276 e. The SMILES string of the molecule is Cn1nc(C(C)(C)C)cc1C(=O)N1CC(CO)c2ccccc21. The van der Waals surface area contributed by atoms with E-state index in [4.69, 9.17) is 0 Å². The highest BCUT2D eigenvalue weighted by molar-refractivity contribution is 6.06. The highest BCUT2D eigenvalue weighted by Gasteiger charge is 2.34. The predicted octanol–water partition coefficient (Wildman–Crippen LogP) is 2.45. The first-order valence-electron chi connectivity index (χ1n) is 7.89. The van der Waals surface area contributed by atoms with E-state index >= 15 is 0 Å². The van der Waals surface area contributed by atoms with Crippen molar-refractivity contribution in [2.75, 3.05) is 18.1 Å². The number of aryl methyl sites for hydroxylation is 1. The second-order valence-corrected chi connectivity index (χ2v) is 7.14. The van der Waals surface area contributed by atoms with Crippen LogP contribution in [0, 0.1) is 0 Å². The van der Waals surface area contributed by atoms with Crippen molar-refractivity contribution in [3.8, 4) is 0 Å². The van der Waals surface area contributed by atoms with E-state index < -0.39 is 0 Å². The van der Waals surface area contributed by atoms with Gasteiger partial charge in [-0.25, -0.2) is 0 Å². The van der Waals surface area contributed by atoms with Crippen molar-refractivity contribution in [3.63, 3.8) is 0 Å². The third-order valence-corrected chi connectivity index (χ3v) is 4.40. The number of aromatic nitrogens is 2. The minimum absolute atomic E-state index is 0.0227. The molecule has 0 spiro atoms. The van der Waals surface area contributed by atoms with Gasteiger partial charge in [0, 0.05) is 30.6 Å². The summed E-state index contributed by atoms with van der Waals surface area (Å²) in [6, 6.07) is 9.65. The molecule has 0 saturated carbocycles. The Morgan fingerprint density at radius 2 is 2.04 bits per heavy atom. The number of benzene rings is 1. The summed E-state index contributed by atoms with van der Waals surface area (Å²) in [7, 11) is 1.80. The monoisotopic (exact) mass is 313 g/mol. The zero-order valence-corrected chi connectivity index (χ0v) is 14.1. The predicted molar refractivity (Wildman–Crippen MR) is 89.9 cm³/mol. The van der Waals surface area contributed by atoms with Crippen molar-refractivity contribution >= 4 is 11.6 Å². The number of hydrogen-bond donors (Lipinski definition) is 1. The van der Waals surface area contributed by atoms with Crippen LogP contribution in [0.1, 0.15) is 48.4 Å². The summed E-state index contributed by atoms with van der Waals surface area (Å²) in [5.74, 6) is -0.0932. The molecule has 5 heteroatoms. The first kappa shape index (κ1) is 15.7. The molecule has 122 valence electrons. The van der Waals surface area contributed by atoms with E-state index in [0.29, 0.717) is 12.2 Å². The van der Waals surface area contributed by atoms with Crippen molar-refractivity contribution in [3.05, 3.63) is 47.3 Å². The van der Waals surface area contributed by atoms with Gasteiger partial charge in [0.25, 0.3) is 5.91 Å². The van der Waals surface area contributed by atoms with Gasteiger partial charge in [0.1, 0.15) is 5.69 Å². The Balaban J connectivity index is 1.98. The van der Waals surface area contributed by atoms with Gasteiger partial charge in [0.05, 0.1) is 12.3 Å². The van der Waals surface area contributed by atoms with E-state index in [9.17, 15) is 9.90 Å². The Morgan fingerprint density at radius 3 is 2.65 bits per heavy atom. The molecular weight excluding hydrogens is 290 g/mol. The summed E-state index contributed by atoms with van der Waals surface area (Å²) in [4.78, 5) is 14.8. The summed E-state index contributed by atoms with van der Waals surface area (Å²) in [6.07, 6.45) is 0. The molecule has 0 radical (unpaired) electrons. The molecule has 2 heterocycles. The standard InChI is InChI=1S/C18H23N3O2/c1-18(2,3)16-9-15(20(4)19-16)17(23)21-10-12(11-22)13-7-5-6-8-14(13)21/h5-9,12,22H,10-11H2,1-4H3. The molecule has 23 heavy (non-hydrogen) atoms. The molecule has 1 aliphatic rings. The number of carbonyl (C=O) groups is 1. The number of nitrogens with zero attached hydrogens (tertiary/aromatic N) is 3. The zero-order chi connectivity index (χ0) is 16.8. The lowest BCUT2D eigenvalue weighted by molar-refractivity contribution is 0.0978. The lowest BCUT2D eigenvalue weighted by atomic mass is 9.92. The van der Waals surface area contributed by atoms with Gasteiger partial charge in [-0.05, 0) is 17.7 Å². The third-order valence-electron chi connectivity index (χ3n) is 4.40. The normalized spacial score (nSPS) is 17.4. The van der Waals surface area contributed by atoms with Crippen LogP contribution in [-0.4, -0.2) is 33.9 Å². The van der Waals surface area contributed by atoms with Crippen molar-refractivity contribution < 1.29 is 9.90 Å². The summed E-state index contributed by atoms with van der Waals surface area (Å²) in [5.41, 5.74) is 3.28. The zero-order valence-electron chi connectivity index (χ0n) is 14.1. The molecule has 1 N–H and O–H groups in total. The van der Waals surface area contributed by atoms with Gasteiger partial charge in [-0.2, -0.15) is 5.10 Å². The Kier molecular flexibility index (Phi) is 3.76. The van der Waals surface area contributed by atoms with Gasteiger partial charge in [-0.3, -0.25) is 9.48 Å². The van der Waals surface area contributed by atoms with Crippen molar-refractivity contribution in [1.82, 2.24) is 9.78 Å². The van der Waals surface area contributed by atoms with E-state index in [1.165, 1.54) is 0 Å². The minimum Gasteiger partial charge on any atom is -0.396 e. The van der Waals surface area contributed by atoms with Crippen LogP contribution in [-0.2, 0) is 12.5 Å². The molecule has 1 aromatic carbocycles. The highest BCUT2D eigenvalue weighted by Crippen LogP contribution is 2.36. The van der Waals surface area contributed by atoms with Crippen molar-refractivity contribution in [2.24, 2.45) is 7.05 Å². The lowest BCUT2D eigenvalue weighted by Crippen LogP contribution is -2.31. The quantitative estimate of drug-likeness (QED) is 0.926. The fourth-order valence-corrected chi connectivity index (χ4v) is 3.02. The fourth-order valence-electron chi connectivity index (χ4n) is 3.02. The number of amides is 1. The first-order chi connectivity index (χ1) is 10.8. The molecule has 1 aromatic heterocycles. The molecule has 5 nitrogen and oxygen atoms in total. The van der Waals surface area contributed by atoms with E-state index in [-0.39, 0.29) is 23.8 Å². The Morgan fingerprint density at radius 1 is 1.35 bits per heavy atom. The topological polar surface area (TPSA) is 58.4 Å². The Labute approximate surface area is 136 Å². The number of aliphatic hydroxyl groups excluding tert-OH is 1. The fraction of sp³-hybridized carbons (Fsp3) is 0.444. The van der Waals surface area contributed by atoms with Crippen LogP contribution in [0.2, 0.25) is 0 Å². The number of rotatable bonds is 2. The molecule has 1 amide bonds. The number of hydrogen-bond acceptors (Lipinski definition) is 3. The van der Waals surface area contributed by atoms with Crippen LogP contribution in [0.4, 0.5) is 5.69 Å². The summed E-state index contributed by atoms with van der Waals surface area (Å²) in [6.45, 7) is 6.79. The molecule has 1 aliphatic heterocycles. The maximum atomic E-state index is 13.0. The van der Waals surface area contributed by atoms with Gasteiger partial charge in [-0.15, -0.1) is 0 Å². The molecule has 0 saturated heterocycles. The summed E-state index contributed by atoms with van der Waals surface area (Å²) >= 11 is 0. The number of para-hydroxylation sites is 1. The van der Waals surface area contributed by atoms with Gasteiger partial charge < -0.3 is 10.0 Å². The van der Waals surface area contributed by atoms with E-state index in [0.717, 1.165) is 16.9 Å². The molecule has 0 fully saturated rings. The van der Waals surface area contributed by atoms with Gasteiger partial charge >= 0.3 is 0 Å². The van der Waals surface area contributed by atoms with Crippen LogP contribution in [0.15, 0.2) is 30.3 Å². The summed E-state index contributed by atoms with van der Waals surface area (Å²) < 4.78 is 1.65. The average molecular weight is 313 g/mol. The Hall–Kier alpha value is -2.14. The molecule has 3 rings (SSSR count). The van der Waals surface area contributed by atoms with Crippen LogP contribution in [0.5, 0.6) is 0 Å².